The summed E-state index contributed by atoms with van der Waals surface area (Å²) in [6.07, 6.45) is 1.77. The second kappa shape index (κ2) is 5.72. The number of rotatable bonds is 1. The Morgan fingerprint density at radius 1 is 1.23 bits per heavy atom. The first-order valence-electron chi connectivity index (χ1n) is 7.93. The van der Waals surface area contributed by atoms with Crippen molar-refractivity contribution < 1.29 is 24.2 Å². The number of ether oxygens (including phenoxy) is 2. The summed E-state index contributed by atoms with van der Waals surface area (Å²) in [5, 5.41) is 9.45. The molecule has 3 unspecified atom stereocenters. The SMILES string of the molecule is CC1CC(C)CC2(C1)OCC(C(=O)O)N2C(=O)OC(C)(C)C. The maximum absolute atomic E-state index is 12.6. The molecule has 0 bridgehead atoms. The lowest BCUT2D eigenvalue weighted by molar-refractivity contribution is -0.148. The largest absolute Gasteiger partial charge is 0.480 e. The Morgan fingerprint density at radius 2 is 1.77 bits per heavy atom. The zero-order chi connectivity index (χ0) is 16.7. The monoisotopic (exact) mass is 313 g/mol. The number of hydrogen-bond donors (Lipinski definition) is 1. The lowest BCUT2D eigenvalue weighted by Gasteiger charge is -2.45. The molecule has 2 aliphatic rings. The van der Waals surface area contributed by atoms with Gasteiger partial charge >= 0.3 is 12.1 Å². The number of amides is 1. The third-order valence-electron chi connectivity index (χ3n) is 4.28. The molecule has 6 nitrogen and oxygen atoms in total. The van der Waals surface area contributed by atoms with E-state index >= 15 is 0 Å². The summed E-state index contributed by atoms with van der Waals surface area (Å²) >= 11 is 0. The third-order valence-corrected chi connectivity index (χ3v) is 4.28. The van der Waals surface area contributed by atoms with Crippen LogP contribution in [0.3, 0.4) is 0 Å². The number of nitrogens with zero attached hydrogens (tertiary/aromatic N) is 1. The van der Waals surface area contributed by atoms with Crippen molar-refractivity contribution in [1.29, 1.82) is 0 Å². The lowest BCUT2D eigenvalue weighted by Crippen LogP contribution is -2.57. The molecule has 1 saturated carbocycles. The molecular weight excluding hydrogens is 286 g/mol. The van der Waals surface area contributed by atoms with E-state index in [4.69, 9.17) is 9.47 Å². The molecule has 1 N–H and O–H groups in total. The fraction of sp³-hybridized carbons (Fsp3) is 0.875. The van der Waals surface area contributed by atoms with E-state index in [2.05, 4.69) is 13.8 Å². The molecule has 1 amide bonds. The molecule has 6 heteroatoms. The Morgan fingerprint density at radius 3 is 2.23 bits per heavy atom. The topological polar surface area (TPSA) is 76.1 Å². The van der Waals surface area contributed by atoms with Crippen molar-refractivity contribution in [2.75, 3.05) is 6.61 Å². The molecule has 1 spiro atoms. The van der Waals surface area contributed by atoms with Crippen molar-refractivity contribution in [3.8, 4) is 0 Å². The highest BCUT2D eigenvalue weighted by molar-refractivity contribution is 5.81. The van der Waals surface area contributed by atoms with Gasteiger partial charge in [-0.25, -0.2) is 9.59 Å². The van der Waals surface area contributed by atoms with Crippen LogP contribution in [0, 0.1) is 11.8 Å². The quantitative estimate of drug-likeness (QED) is 0.805. The van der Waals surface area contributed by atoms with Crippen LogP contribution in [-0.4, -0.2) is 46.0 Å². The first-order valence-corrected chi connectivity index (χ1v) is 7.93. The predicted molar refractivity (Wildman–Crippen MR) is 80.4 cm³/mol. The average molecular weight is 313 g/mol. The summed E-state index contributed by atoms with van der Waals surface area (Å²) in [6, 6.07) is -0.979. The first-order chi connectivity index (χ1) is 10.0. The highest BCUT2D eigenvalue weighted by Crippen LogP contribution is 2.45. The summed E-state index contributed by atoms with van der Waals surface area (Å²) in [4.78, 5) is 25.5. The van der Waals surface area contributed by atoms with Gasteiger partial charge in [-0.3, -0.25) is 4.90 Å². The van der Waals surface area contributed by atoms with Crippen molar-refractivity contribution in [3.63, 3.8) is 0 Å². The number of carboxylic acid groups (broad SMARTS) is 1. The Hall–Kier alpha value is -1.30. The van der Waals surface area contributed by atoms with Crippen LogP contribution in [0.2, 0.25) is 0 Å². The van der Waals surface area contributed by atoms with Gasteiger partial charge in [0.2, 0.25) is 0 Å². The van der Waals surface area contributed by atoms with Crippen molar-refractivity contribution in [1.82, 2.24) is 4.90 Å². The Labute approximate surface area is 131 Å². The molecule has 0 aromatic heterocycles. The van der Waals surface area contributed by atoms with Gasteiger partial charge in [0, 0.05) is 0 Å². The van der Waals surface area contributed by atoms with Gasteiger partial charge in [0.15, 0.2) is 6.04 Å². The van der Waals surface area contributed by atoms with E-state index in [9.17, 15) is 14.7 Å². The summed E-state index contributed by atoms with van der Waals surface area (Å²) in [5.74, 6) is -0.295. The van der Waals surface area contributed by atoms with Gasteiger partial charge in [-0.2, -0.15) is 0 Å². The van der Waals surface area contributed by atoms with E-state index in [-0.39, 0.29) is 6.61 Å². The van der Waals surface area contributed by atoms with Gasteiger partial charge in [-0.1, -0.05) is 13.8 Å². The minimum atomic E-state index is -1.05. The molecule has 22 heavy (non-hydrogen) atoms. The molecule has 126 valence electrons. The smallest absolute Gasteiger partial charge is 0.413 e. The van der Waals surface area contributed by atoms with Crippen molar-refractivity contribution >= 4 is 12.1 Å². The van der Waals surface area contributed by atoms with Crippen LogP contribution in [0.5, 0.6) is 0 Å². The molecule has 1 heterocycles. The van der Waals surface area contributed by atoms with Gasteiger partial charge < -0.3 is 14.6 Å². The number of carboxylic acids is 1. The minimum absolute atomic E-state index is 0.0218. The summed E-state index contributed by atoms with van der Waals surface area (Å²) in [7, 11) is 0. The maximum atomic E-state index is 12.6. The van der Waals surface area contributed by atoms with E-state index in [0.29, 0.717) is 24.7 Å². The van der Waals surface area contributed by atoms with Crippen molar-refractivity contribution in [3.05, 3.63) is 0 Å². The zero-order valence-corrected chi connectivity index (χ0v) is 14.1. The van der Waals surface area contributed by atoms with Crippen LogP contribution in [-0.2, 0) is 14.3 Å². The molecule has 3 atom stereocenters. The molecule has 0 aromatic carbocycles. The highest BCUT2D eigenvalue weighted by atomic mass is 16.6. The van der Waals surface area contributed by atoms with Crippen LogP contribution < -0.4 is 0 Å². The van der Waals surface area contributed by atoms with E-state index in [0.717, 1.165) is 6.42 Å². The van der Waals surface area contributed by atoms with E-state index in [1.54, 1.807) is 20.8 Å². The van der Waals surface area contributed by atoms with Crippen LogP contribution in [0.15, 0.2) is 0 Å². The number of carbonyl (C=O) groups excluding carboxylic acids is 1. The number of hydrogen-bond acceptors (Lipinski definition) is 4. The summed E-state index contributed by atoms with van der Waals surface area (Å²) in [5.41, 5.74) is -1.52. The Kier molecular flexibility index (Phi) is 4.44. The molecular formula is C16H27NO5. The van der Waals surface area contributed by atoms with E-state index in [1.165, 1.54) is 4.90 Å². The van der Waals surface area contributed by atoms with Gasteiger partial charge in [0.05, 0.1) is 6.61 Å². The summed E-state index contributed by atoms with van der Waals surface area (Å²) < 4.78 is 11.3. The van der Waals surface area contributed by atoms with Gasteiger partial charge in [-0.05, 0) is 51.9 Å². The Bertz CT molecular complexity index is 446. The lowest BCUT2D eigenvalue weighted by atomic mass is 9.77. The number of carbonyl (C=O) groups is 2. The fourth-order valence-corrected chi connectivity index (χ4v) is 3.79. The van der Waals surface area contributed by atoms with E-state index < -0.39 is 29.4 Å². The zero-order valence-electron chi connectivity index (χ0n) is 14.1. The molecule has 1 aliphatic carbocycles. The summed E-state index contributed by atoms with van der Waals surface area (Å²) in [6.45, 7) is 9.57. The van der Waals surface area contributed by atoms with Crippen LogP contribution in [0.25, 0.3) is 0 Å². The molecule has 2 rings (SSSR count). The van der Waals surface area contributed by atoms with E-state index in [1.807, 2.05) is 0 Å². The standard InChI is InChI=1S/C16H27NO5/c1-10-6-11(2)8-16(7-10)17(12(9-21-16)13(18)19)14(20)22-15(3,4)5/h10-12H,6-9H2,1-5H3,(H,18,19). The normalized spacial score (nSPS) is 35.7. The van der Waals surface area contributed by atoms with Crippen LogP contribution >= 0.6 is 0 Å². The highest BCUT2D eigenvalue weighted by Gasteiger charge is 2.56. The van der Waals surface area contributed by atoms with Gasteiger partial charge in [-0.15, -0.1) is 0 Å². The second-order valence-electron chi connectivity index (χ2n) is 7.82. The average Bonchev–Trinajstić information content (AvgIpc) is 2.63. The maximum Gasteiger partial charge on any atom is 0.413 e. The third kappa shape index (κ3) is 3.37. The molecule has 2 fully saturated rings. The predicted octanol–water partition coefficient (Wildman–Crippen LogP) is 2.86. The number of aliphatic carboxylic acids is 1. The van der Waals surface area contributed by atoms with Crippen molar-refractivity contribution in [2.24, 2.45) is 11.8 Å². The molecule has 0 aromatic rings. The minimum Gasteiger partial charge on any atom is -0.480 e. The van der Waals surface area contributed by atoms with Gasteiger partial charge in [0.25, 0.3) is 0 Å². The van der Waals surface area contributed by atoms with Gasteiger partial charge in [0.1, 0.15) is 11.3 Å². The first kappa shape index (κ1) is 17.1. The molecule has 1 saturated heterocycles. The van der Waals surface area contributed by atoms with Crippen molar-refractivity contribution in [2.45, 2.75) is 71.2 Å². The second-order valence-corrected chi connectivity index (χ2v) is 7.82. The van der Waals surface area contributed by atoms with Crippen LogP contribution in [0.4, 0.5) is 4.79 Å². The van der Waals surface area contributed by atoms with Crippen LogP contribution in [0.1, 0.15) is 53.9 Å². The molecule has 1 aliphatic heterocycles. The fourth-order valence-electron chi connectivity index (χ4n) is 3.79. The molecule has 0 radical (unpaired) electrons. The Balaban J connectivity index is 2.32.